The van der Waals surface area contributed by atoms with Gasteiger partial charge in [-0.1, -0.05) is 231 Å². The van der Waals surface area contributed by atoms with Crippen LogP contribution >= 0.6 is 0 Å². The minimum Gasteiger partial charge on any atom is -0.394 e. The van der Waals surface area contributed by atoms with E-state index in [2.05, 4.69) is 31.3 Å². The Kier molecular flexibility index (Phi) is 43.3. The van der Waals surface area contributed by atoms with E-state index in [4.69, 9.17) is 0 Å². The highest BCUT2D eigenvalue weighted by Crippen LogP contribution is 2.16. The number of carbonyl (C=O) groups is 1. The molecule has 1 amide bonds. The van der Waals surface area contributed by atoms with Crippen molar-refractivity contribution < 1.29 is 15.0 Å². The molecule has 0 heterocycles. The molecule has 0 aromatic heterocycles. The number of amides is 1. The standard InChI is InChI=1S/C48H93NO3/c1-3-5-7-9-11-13-15-17-19-21-22-23-24-25-26-27-28-30-32-34-36-38-40-42-44-48(52)49-46(45-50)47(51)43-41-39-37-35-33-31-29-20-18-16-14-12-10-8-6-4-2/h25-26,41,43,46-47,50-51H,3-24,27-40,42,44-45H2,1-2H3,(H,49,52)/b26-25-,43-41+. The van der Waals surface area contributed by atoms with Crippen LogP contribution in [0, 0.1) is 0 Å². The Morgan fingerprint density at radius 3 is 1.06 bits per heavy atom. The summed E-state index contributed by atoms with van der Waals surface area (Å²) in [5.41, 5.74) is 0. The topological polar surface area (TPSA) is 69.6 Å². The van der Waals surface area contributed by atoms with Gasteiger partial charge in [-0.3, -0.25) is 4.79 Å². The molecule has 0 fully saturated rings. The summed E-state index contributed by atoms with van der Waals surface area (Å²) in [4.78, 5) is 12.4. The van der Waals surface area contributed by atoms with Crippen molar-refractivity contribution in [2.24, 2.45) is 0 Å². The van der Waals surface area contributed by atoms with Crippen molar-refractivity contribution in [3.63, 3.8) is 0 Å². The molecule has 308 valence electrons. The molecule has 0 saturated heterocycles. The summed E-state index contributed by atoms with van der Waals surface area (Å²) in [6.45, 7) is 4.33. The first-order chi connectivity index (χ1) is 25.7. The number of aliphatic hydroxyl groups excluding tert-OH is 2. The molecule has 0 rings (SSSR count). The smallest absolute Gasteiger partial charge is 0.220 e. The van der Waals surface area contributed by atoms with E-state index in [0.717, 1.165) is 25.7 Å². The molecule has 0 aliphatic rings. The van der Waals surface area contributed by atoms with Crippen LogP contribution in [0.3, 0.4) is 0 Å². The van der Waals surface area contributed by atoms with Gasteiger partial charge in [-0.25, -0.2) is 0 Å². The van der Waals surface area contributed by atoms with Gasteiger partial charge in [-0.05, 0) is 44.9 Å². The van der Waals surface area contributed by atoms with Gasteiger partial charge in [0.1, 0.15) is 0 Å². The molecule has 0 radical (unpaired) electrons. The maximum atomic E-state index is 12.4. The normalized spacial score (nSPS) is 13.1. The maximum absolute atomic E-state index is 12.4. The van der Waals surface area contributed by atoms with Gasteiger partial charge < -0.3 is 15.5 Å². The minimum atomic E-state index is -0.838. The molecule has 52 heavy (non-hydrogen) atoms. The Morgan fingerprint density at radius 2 is 0.731 bits per heavy atom. The molecular weight excluding hydrogens is 639 g/mol. The summed E-state index contributed by atoms with van der Waals surface area (Å²) in [6, 6.07) is -0.621. The Morgan fingerprint density at radius 1 is 0.442 bits per heavy atom. The fraction of sp³-hybridized carbons (Fsp3) is 0.896. The average Bonchev–Trinajstić information content (AvgIpc) is 3.15. The number of carbonyl (C=O) groups excluding carboxylic acids is 1. The molecule has 0 aromatic rings. The maximum Gasteiger partial charge on any atom is 0.220 e. The Balaban J connectivity index is 3.52. The highest BCUT2D eigenvalue weighted by Gasteiger charge is 2.17. The summed E-state index contributed by atoms with van der Waals surface area (Å²) < 4.78 is 0. The van der Waals surface area contributed by atoms with Crippen molar-refractivity contribution in [3.05, 3.63) is 24.3 Å². The van der Waals surface area contributed by atoms with Crippen molar-refractivity contribution in [1.82, 2.24) is 5.32 Å². The van der Waals surface area contributed by atoms with Crippen LogP contribution in [0.5, 0.6) is 0 Å². The lowest BCUT2D eigenvalue weighted by atomic mass is 10.0. The van der Waals surface area contributed by atoms with Gasteiger partial charge in [0, 0.05) is 6.42 Å². The first-order valence-electron chi connectivity index (χ1n) is 23.6. The van der Waals surface area contributed by atoms with E-state index < -0.39 is 12.1 Å². The summed E-state index contributed by atoms with van der Waals surface area (Å²) in [6.07, 6.45) is 57.3. The number of rotatable bonds is 43. The third-order valence-corrected chi connectivity index (χ3v) is 10.9. The second-order valence-corrected chi connectivity index (χ2v) is 16.2. The van der Waals surface area contributed by atoms with Gasteiger partial charge in [0.25, 0.3) is 0 Å². The molecular formula is C48H93NO3. The van der Waals surface area contributed by atoms with Crippen LogP contribution in [-0.4, -0.2) is 34.9 Å². The average molecular weight is 732 g/mol. The van der Waals surface area contributed by atoms with E-state index in [1.807, 2.05) is 6.08 Å². The zero-order chi connectivity index (χ0) is 37.8. The van der Waals surface area contributed by atoms with Crippen molar-refractivity contribution in [2.45, 2.75) is 270 Å². The van der Waals surface area contributed by atoms with Crippen LogP contribution in [0.4, 0.5) is 0 Å². The van der Waals surface area contributed by atoms with Crippen molar-refractivity contribution >= 4 is 5.91 Å². The SMILES string of the molecule is CCCCCCCCCCCCCC/C=C\CCCCCCCCCCC(=O)NC(CO)C(O)/C=C/CCCCCCCCCCCCCCCC. The van der Waals surface area contributed by atoms with Gasteiger partial charge in [0.2, 0.25) is 5.91 Å². The van der Waals surface area contributed by atoms with Crippen LogP contribution in [0.25, 0.3) is 0 Å². The zero-order valence-electron chi connectivity index (χ0n) is 35.3. The van der Waals surface area contributed by atoms with Crippen LogP contribution in [0.1, 0.15) is 258 Å². The van der Waals surface area contributed by atoms with Gasteiger partial charge in [0.15, 0.2) is 0 Å². The summed E-state index contributed by atoms with van der Waals surface area (Å²) in [5, 5.41) is 23.0. The summed E-state index contributed by atoms with van der Waals surface area (Å²) in [7, 11) is 0. The first kappa shape index (κ1) is 50.9. The Labute approximate surface area is 326 Å². The van der Waals surface area contributed by atoms with Gasteiger partial charge in [0.05, 0.1) is 18.8 Å². The van der Waals surface area contributed by atoms with E-state index in [9.17, 15) is 15.0 Å². The minimum absolute atomic E-state index is 0.0645. The lowest BCUT2D eigenvalue weighted by molar-refractivity contribution is -0.123. The van der Waals surface area contributed by atoms with Crippen molar-refractivity contribution in [2.75, 3.05) is 6.61 Å². The molecule has 0 aliphatic carbocycles. The lowest BCUT2D eigenvalue weighted by Crippen LogP contribution is -2.45. The van der Waals surface area contributed by atoms with Crippen molar-refractivity contribution in [1.29, 1.82) is 0 Å². The van der Waals surface area contributed by atoms with E-state index in [-0.39, 0.29) is 12.5 Å². The largest absolute Gasteiger partial charge is 0.394 e. The second-order valence-electron chi connectivity index (χ2n) is 16.2. The second kappa shape index (κ2) is 44.3. The first-order valence-corrected chi connectivity index (χ1v) is 23.6. The van der Waals surface area contributed by atoms with Gasteiger partial charge in [-0.2, -0.15) is 0 Å². The number of hydrogen-bond donors (Lipinski definition) is 3. The van der Waals surface area contributed by atoms with Crippen LogP contribution in [0.15, 0.2) is 24.3 Å². The number of unbranched alkanes of at least 4 members (excludes halogenated alkanes) is 34. The number of hydrogen-bond acceptors (Lipinski definition) is 3. The van der Waals surface area contributed by atoms with E-state index in [1.54, 1.807) is 6.08 Å². The monoisotopic (exact) mass is 732 g/mol. The predicted octanol–water partition coefficient (Wildman–Crippen LogP) is 14.8. The molecule has 4 heteroatoms. The lowest BCUT2D eigenvalue weighted by Gasteiger charge is -2.20. The fourth-order valence-corrected chi connectivity index (χ4v) is 7.29. The number of nitrogens with one attached hydrogen (secondary N) is 1. The van der Waals surface area contributed by atoms with Crippen LogP contribution < -0.4 is 5.32 Å². The Bertz CT molecular complexity index is 750. The molecule has 0 bridgehead atoms. The predicted molar refractivity (Wildman–Crippen MR) is 230 cm³/mol. The number of aliphatic hydroxyl groups is 2. The third-order valence-electron chi connectivity index (χ3n) is 10.9. The van der Waals surface area contributed by atoms with E-state index in [1.165, 1.54) is 212 Å². The zero-order valence-corrected chi connectivity index (χ0v) is 35.3. The van der Waals surface area contributed by atoms with Crippen LogP contribution in [-0.2, 0) is 4.79 Å². The summed E-state index contributed by atoms with van der Waals surface area (Å²) in [5.74, 6) is -0.0645. The van der Waals surface area contributed by atoms with Crippen LogP contribution in [0.2, 0.25) is 0 Å². The van der Waals surface area contributed by atoms with Gasteiger partial charge >= 0.3 is 0 Å². The fourth-order valence-electron chi connectivity index (χ4n) is 7.29. The molecule has 3 N–H and O–H groups in total. The Hall–Kier alpha value is -1.13. The molecule has 0 saturated carbocycles. The molecule has 2 unspecified atom stereocenters. The molecule has 2 atom stereocenters. The molecule has 0 spiro atoms. The van der Waals surface area contributed by atoms with Gasteiger partial charge in [-0.15, -0.1) is 0 Å². The third kappa shape index (κ3) is 40.1. The van der Waals surface area contributed by atoms with Crippen molar-refractivity contribution in [3.8, 4) is 0 Å². The molecule has 0 aliphatic heterocycles. The summed E-state index contributed by atoms with van der Waals surface area (Å²) >= 11 is 0. The van der Waals surface area contributed by atoms with E-state index in [0.29, 0.717) is 6.42 Å². The number of allylic oxidation sites excluding steroid dienone is 3. The molecule has 4 nitrogen and oxygen atoms in total. The highest BCUT2D eigenvalue weighted by atomic mass is 16.3. The quantitative estimate of drug-likeness (QED) is 0.0432. The highest BCUT2D eigenvalue weighted by molar-refractivity contribution is 5.76. The van der Waals surface area contributed by atoms with E-state index >= 15 is 0 Å². The molecule has 0 aromatic carbocycles.